The van der Waals surface area contributed by atoms with Crippen molar-refractivity contribution in [3.8, 4) is 0 Å². The van der Waals surface area contributed by atoms with Crippen LogP contribution in [0.4, 0.5) is 11.4 Å². The number of aliphatic hydroxyl groups excluding tert-OH is 1. The van der Waals surface area contributed by atoms with Crippen LogP contribution in [0.3, 0.4) is 0 Å². The van der Waals surface area contributed by atoms with Crippen LogP contribution in [0, 0.1) is 10.1 Å². The van der Waals surface area contributed by atoms with E-state index in [0.717, 1.165) is 0 Å². The lowest BCUT2D eigenvalue weighted by Crippen LogP contribution is -2.35. The molecule has 7 nitrogen and oxygen atoms in total. The molecule has 2 atom stereocenters. The van der Waals surface area contributed by atoms with Gasteiger partial charge in [-0.3, -0.25) is 14.9 Å². The van der Waals surface area contributed by atoms with Gasteiger partial charge in [0.05, 0.1) is 17.1 Å². The summed E-state index contributed by atoms with van der Waals surface area (Å²) in [7, 11) is 0. The molecule has 3 N–H and O–H groups in total. The first-order valence-electron chi connectivity index (χ1n) is 5.53. The number of carbonyl (C=O) groups is 1. The molecule has 0 spiro atoms. The number of nitrogens with one attached hydrogen (secondary N) is 2. The van der Waals surface area contributed by atoms with Crippen LogP contribution >= 0.6 is 12.4 Å². The molecular weight excluding hydrogens is 274 g/mol. The number of nitrogens with zero attached hydrogens (tertiary/aromatic N) is 1. The van der Waals surface area contributed by atoms with Gasteiger partial charge in [-0.25, -0.2) is 0 Å². The summed E-state index contributed by atoms with van der Waals surface area (Å²) in [5, 5.41) is 25.3. The van der Waals surface area contributed by atoms with Crippen LogP contribution in [0.15, 0.2) is 24.3 Å². The Bertz CT molecular complexity index is 466. The van der Waals surface area contributed by atoms with E-state index in [1.807, 2.05) is 0 Å². The SMILES string of the molecule is Cl.O=C(Nc1ccc([N+](=O)[O-])cc1)[C@@H]1C[C@H](O)CN1. The van der Waals surface area contributed by atoms with Gasteiger partial charge in [0.2, 0.25) is 5.91 Å². The van der Waals surface area contributed by atoms with Crippen molar-refractivity contribution in [2.45, 2.75) is 18.6 Å². The van der Waals surface area contributed by atoms with E-state index in [4.69, 9.17) is 0 Å². The summed E-state index contributed by atoms with van der Waals surface area (Å²) in [5.74, 6) is -0.250. The van der Waals surface area contributed by atoms with Gasteiger partial charge in [0.1, 0.15) is 0 Å². The third-order valence-corrected chi connectivity index (χ3v) is 2.77. The highest BCUT2D eigenvalue weighted by atomic mass is 35.5. The number of hydrogen-bond acceptors (Lipinski definition) is 5. The number of carbonyl (C=O) groups excluding carboxylic acids is 1. The number of non-ortho nitro benzene ring substituents is 1. The van der Waals surface area contributed by atoms with Crippen molar-refractivity contribution in [2.75, 3.05) is 11.9 Å². The number of rotatable bonds is 3. The van der Waals surface area contributed by atoms with Crippen LogP contribution in [0.2, 0.25) is 0 Å². The molecule has 0 aromatic heterocycles. The fourth-order valence-electron chi connectivity index (χ4n) is 1.81. The molecule has 1 aromatic rings. The molecule has 8 heteroatoms. The molecule has 0 aliphatic carbocycles. The Labute approximate surface area is 115 Å². The number of nitro benzene ring substituents is 1. The number of halogens is 1. The first-order chi connectivity index (χ1) is 8.56. The maximum absolute atomic E-state index is 11.8. The molecule has 19 heavy (non-hydrogen) atoms. The number of benzene rings is 1. The quantitative estimate of drug-likeness (QED) is 0.560. The van der Waals surface area contributed by atoms with E-state index in [-0.39, 0.29) is 24.0 Å². The van der Waals surface area contributed by atoms with Crippen LogP contribution < -0.4 is 10.6 Å². The highest BCUT2D eigenvalue weighted by Crippen LogP contribution is 2.16. The van der Waals surface area contributed by atoms with Crippen molar-refractivity contribution in [1.29, 1.82) is 0 Å². The second-order valence-electron chi connectivity index (χ2n) is 4.14. The van der Waals surface area contributed by atoms with Gasteiger partial charge < -0.3 is 15.7 Å². The summed E-state index contributed by atoms with van der Waals surface area (Å²) in [4.78, 5) is 21.7. The maximum Gasteiger partial charge on any atom is 0.269 e. The van der Waals surface area contributed by atoms with Crippen LogP contribution in [0.25, 0.3) is 0 Å². The summed E-state index contributed by atoms with van der Waals surface area (Å²) >= 11 is 0. The van der Waals surface area contributed by atoms with E-state index in [2.05, 4.69) is 10.6 Å². The topological polar surface area (TPSA) is 104 Å². The van der Waals surface area contributed by atoms with Crippen molar-refractivity contribution in [3.63, 3.8) is 0 Å². The van der Waals surface area contributed by atoms with E-state index >= 15 is 0 Å². The minimum Gasteiger partial charge on any atom is -0.392 e. The number of β-amino-alcohol motifs (C(OH)–C–C–N with tert-alkyl or cyclic N) is 1. The summed E-state index contributed by atoms with van der Waals surface area (Å²) in [6.45, 7) is 0.401. The zero-order chi connectivity index (χ0) is 13.1. The third-order valence-electron chi connectivity index (χ3n) is 2.77. The van der Waals surface area contributed by atoms with E-state index < -0.39 is 17.1 Å². The van der Waals surface area contributed by atoms with Gasteiger partial charge in [-0.05, 0) is 18.6 Å². The lowest BCUT2D eigenvalue weighted by molar-refractivity contribution is -0.384. The normalized spacial score (nSPS) is 21.5. The first kappa shape index (κ1) is 15.4. The molecule has 0 bridgehead atoms. The van der Waals surface area contributed by atoms with Crippen LogP contribution in [0.1, 0.15) is 6.42 Å². The smallest absolute Gasteiger partial charge is 0.269 e. The first-order valence-corrected chi connectivity index (χ1v) is 5.53. The van der Waals surface area contributed by atoms with Crippen molar-refractivity contribution in [1.82, 2.24) is 5.32 Å². The Morgan fingerprint density at radius 1 is 1.42 bits per heavy atom. The van der Waals surface area contributed by atoms with E-state index in [9.17, 15) is 20.0 Å². The Balaban J connectivity index is 0.00000180. The van der Waals surface area contributed by atoms with Crippen molar-refractivity contribution < 1.29 is 14.8 Å². The lowest BCUT2D eigenvalue weighted by Gasteiger charge is -2.10. The van der Waals surface area contributed by atoms with Crippen LogP contribution in [-0.2, 0) is 4.79 Å². The average Bonchev–Trinajstić information content (AvgIpc) is 2.76. The molecule has 1 aromatic carbocycles. The summed E-state index contributed by atoms with van der Waals surface area (Å²) in [6, 6.07) is 5.18. The van der Waals surface area contributed by atoms with E-state index in [1.165, 1.54) is 24.3 Å². The maximum atomic E-state index is 11.8. The molecule has 0 unspecified atom stereocenters. The van der Waals surface area contributed by atoms with Gasteiger partial charge in [-0.15, -0.1) is 12.4 Å². The van der Waals surface area contributed by atoms with Crippen molar-refractivity contribution >= 4 is 29.7 Å². The fourth-order valence-corrected chi connectivity index (χ4v) is 1.81. The Hall–Kier alpha value is -1.70. The van der Waals surface area contributed by atoms with Crippen LogP contribution in [0.5, 0.6) is 0 Å². The third kappa shape index (κ3) is 3.88. The molecule has 1 aliphatic heterocycles. The minimum atomic E-state index is -0.502. The Morgan fingerprint density at radius 3 is 2.53 bits per heavy atom. The number of anilines is 1. The molecule has 1 aliphatic rings. The van der Waals surface area contributed by atoms with Crippen LogP contribution in [-0.4, -0.2) is 34.6 Å². The molecule has 1 amide bonds. The molecule has 1 saturated heterocycles. The predicted octanol–water partition coefficient (Wildman–Crippen LogP) is 0.678. The standard InChI is InChI=1S/C11H13N3O4.ClH/c15-9-5-10(12-6-9)11(16)13-7-1-3-8(4-2-7)14(17)18;/h1-4,9-10,12,15H,5-6H2,(H,13,16);1H/t9-,10-;/m0./s1. The second-order valence-corrected chi connectivity index (χ2v) is 4.14. The second kappa shape index (κ2) is 6.46. The molecule has 0 radical (unpaired) electrons. The van der Waals surface area contributed by atoms with Crippen molar-refractivity contribution in [2.24, 2.45) is 0 Å². The lowest BCUT2D eigenvalue weighted by atomic mass is 10.2. The van der Waals surface area contributed by atoms with Gasteiger partial charge >= 0.3 is 0 Å². The zero-order valence-electron chi connectivity index (χ0n) is 9.91. The Morgan fingerprint density at radius 2 is 2.05 bits per heavy atom. The minimum absolute atomic E-state index is 0. The fraction of sp³-hybridized carbons (Fsp3) is 0.364. The molecule has 104 valence electrons. The molecule has 1 fully saturated rings. The summed E-state index contributed by atoms with van der Waals surface area (Å²) in [5.41, 5.74) is 0.469. The predicted molar refractivity (Wildman–Crippen MR) is 71.4 cm³/mol. The van der Waals surface area contributed by atoms with E-state index in [0.29, 0.717) is 18.7 Å². The largest absolute Gasteiger partial charge is 0.392 e. The molecule has 1 heterocycles. The van der Waals surface area contributed by atoms with Gasteiger partial charge in [0.15, 0.2) is 0 Å². The van der Waals surface area contributed by atoms with E-state index in [1.54, 1.807) is 0 Å². The van der Waals surface area contributed by atoms with Crippen molar-refractivity contribution in [3.05, 3.63) is 34.4 Å². The highest BCUT2D eigenvalue weighted by Gasteiger charge is 2.27. The summed E-state index contributed by atoms with van der Waals surface area (Å²) < 4.78 is 0. The van der Waals surface area contributed by atoms with Gasteiger partial charge in [0, 0.05) is 24.4 Å². The molecule has 2 rings (SSSR count). The molecule has 0 saturated carbocycles. The van der Waals surface area contributed by atoms with Gasteiger partial charge in [0.25, 0.3) is 5.69 Å². The number of hydrogen-bond donors (Lipinski definition) is 3. The molecular formula is C11H14ClN3O4. The Kier molecular flexibility index (Phi) is 5.22. The monoisotopic (exact) mass is 287 g/mol. The number of nitro groups is 1. The number of aliphatic hydroxyl groups is 1. The average molecular weight is 288 g/mol. The zero-order valence-corrected chi connectivity index (χ0v) is 10.7. The number of amides is 1. The van der Waals surface area contributed by atoms with Gasteiger partial charge in [-0.1, -0.05) is 0 Å². The van der Waals surface area contributed by atoms with Gasteiger partial charge in [-0.2, -0.15) is 0 Å². The summed E-state index contributed by atoms with van der Waals surface area (Å²) in [6.07, 6.45) is -0.128. The highest BCUT2D eigenvalue weighted by molar-refractivity contribution is 5.95.